The highest BCUT2D eigenvalue weighted by molar-refractivity contribution is 7.99. The first-order valence-corrected chi connectivity index (χ1v) is 11.8. The molecule has 1 amide bonds. The summed E-state index contributed by atoms with van der Waals surface area (Å²) in [7, 11) is 0. The second-order valence-electron chi connectivity index (χ2n) is 8.08. The van der Waals surface area contributed by atoms with E-state index < -0.39 is 0 Å². The van der Waals surface area contributed by atoms with Crippen LogP contribution in [0.15, 0.2) is 47.6 Å². The molecule has 168 valence electrons. The first kappa shape index (κ1) is 22.5. The number of anilines is 1. The van der Waals surface area contributed by atoms with Crippen molar-refractivity contribution in [1.29, 1.82) is 0 Å². The fraction of sp³-hybridized carbons (Fsp3) is 0.375. The van der Waals surface area contributed by atoms with Crippen LogP contribution in [0.25, 0.3) is 5.69 Å². The summed E-state index contributed by atoms with van der Waals surface area (Å²) >= 11 is 1.39. The molecule has 1 aliphatic rings. The number of thioether (sulfide) groups is 1. The second-order valence-corrected chi connectivity index (χ2v) is 9.02. The summed E-state index contributed by atoms with van der Waals surface area (Å²) in [5.41, 5.74) is 5.39. The Morgan fingerprint density at radius 3 is 2.56 bits per heavy atom. The SMILES string of the molecule is Cc1ccc(C)c(-n2c(C)nnc2SCC(=O)Nc2ccc(CN3CCOCC3)cc2)c1. The van der Waals surface area contributed by atoms with E-state index >= 15 is 0 Å². The van der Waals surface area contributed by atoms with Crippen LogP contribution in [0.1, 0.15) is 22.5 Å². The molecule has 1 aliphatic heterocycles. The zero-order chi connectivity index (χ0) is 22.5. The van der Waals surface area contributed by atoms with Gasteiger partial charge in [-0.1, -0.05) is 36.0 Å². The molecule has 7 nitrogen and oxygen atoms in total. The third-order valence-electron chi connectivity index (χ3n) is 5.48. The number of carbonyl (C=O) groups is 1. The highest BCUT2D eigenvalue weighted by atomic mass is 32.2. The van der Waals surface area contributed by atoms with Gasteiger partial charge in [-0.25, -0.2) is 0 Å². The van der Waals surface area contributed by atoms with Crippen molar-refractivity contribution in [2.24, 2.45) is 0 Å². The molecular weight excluding hydrogens is 422 g/mol. The Morgan fingerprint density at radius 2 is 1.81 bits per heavy atom. The number of aromatic nitrogens is 3. The fourth-order valence-electron chi connectivity index (χ4n) is 3.71. The van der Waals surface area contributed by atoms with Crippen LogP contribution in [-0.2, 0) is 16.1 Å². The van der Waals surface area contributed by atoms with Gasteiger partial charge in [0.2, 0.25) is 5.91 Å². The van der Waals surface area contributed by atoms with E-state index in [9.17, 15) is 4.79 Å². The van der Waals surface area contributed by atoms with E-state index in [1.54, 1.807) is 0 Å². The molecule has 4 rings (SSSR count). The summed E-state index contributed by atoms with van der Waals surface area (Å²) in [6, 6.07) is 14.4. The van der Waals surface area contributed by atoms with Crippen molar-refractivity contribution in [3.8, 4) is 5.69 Å². The van der Waals surface area contributed by atoms with Gasteiger partial charge in [0.15, 0.2) is 5.16 Å². The number of aryl methyl sites for hydroxylation is 3. The molecule has 1 saturated heterocycles. The van der Waals surface area contributed by atoms with Crippen LogP contribution in [0.4, 0.5) is 5.69 Å². The standard InChI is InChI=1S/C24H29N5O2S/c1-17-4-5-18(2)22(14-17)29-19(3)26-27-24(29)32-16-23(30)25-21-8-6-20(7-9-21)15-28-10-12-31-13-11-28/h4-9,14H,10-13,15-16H2,1-3H3,(H,25,30). The van der Waals surface area contributed by atoms with Crippen molar-refractivity contribution in [3.05, 3.63) is 65.0 Å². The molecule has 1 aromatic heterocycles. The first-order valence-electron chi connectivity index (χ1n) is 10.8. The highest BCUT2D eigenvalue weighted by Gasteiger charge is 2.15. The molecule has 3 aromatic rings. The van der Waals surface area contributed by atoms with E-state index in [1.807, 2.05) is 23.6 Å². The Hall–Kier alpha value is -2.68. The van der Waals surface area contributed by atoms with Crippen LogP contribution in [0, 0.1) is 20.8 Å². The van der Waals surface area contributed by atoms with Crippen molar-refractivity contribution < 1.29 is 9.53 Å². The van der Waals surface area contributed by atoms with E-state index in [0.29, 0.717) is 5.16 Å². The van der Waals surface area contributed by atoms with E-state index in [2.05, 4.69) is 64.6 Å². The fourth-order valence-corrected chi connectivity index (χ4v) is 4.50. The van der Waals surface area contributed by atoms with Crippen LogP contribution >= 0.6 is 11.8 Å². The minimum atomic E-state index is -0.0657. The monoisotopic (exact) mass is 451 g/mol. The zero-order valence-corrected chi connectivity index (χ0v) is 19.6. The highest BCUT2D eigenvalue weighted by Crippen LogP contribution is 2.25. The molecule has 32 heavy (non-hydrogen) atoms. The molecule has 8 heteroatoms. The number of hydrogen-bond donors (Lipinski definition) is 1. The van der Waals surface area contributed by atoms with Crippen molar-refractivity contribution in [1.82, 2.24) is 19.7 Å². The summed E-state index contributed by atoms with van der Waals surface area (Å²) < 4.78 is 7.41. The van der Waals surface area contributed by atoms with E-state index in [0.717, 1.165) is 55.6 Å². The predicted octanol–water partition coefficient (Wildman–Crippen LogP) is 3.76. The van der Waals surface area contributed by atoms with Crippen molar-refractivity contribution in [3.63, 3.8) is 0 Å². The molecule has 2 aromatic carbocycles. The number of nitrogens with one attached hydrogen (secondary N) is 1. The van der Waals surface area contributed by atoms with Crippen molar-refractivity contribution >= 4 is 23.4 Å². The molecular formula is C24H29N5O2S. The zero-order valence-electron chi connectivity index (χ0n) is 18.8. The molecule has 2 heterocycles. The number of rotatable bonds is 7. The number of carbonyl (C=O) groups excluding carboxylic acids is 1. The van der Waals surface area contributed by atoms with Crippen LogP contribution in [0.2, 0.25) is 0 Å². The largest absolute Gasteiger partial charge is 0.379 e. The Kier molecular flexibility index (Phi) is 7.24. The number of hydrogen-bond acceptors (Lipinski definition) is 6. The second kappa shape index (κ2) is 10.3. The van der Waals surface area contributed by atoms with Crippen LogP contribution in [0.3, 0.4) is 0 Å². The lowest BCUT2D eigenvalue weighted by molar-refractivity contribution is -0.113. The van der Waals surface area contributed by atoms with Gasteiger partial charge in [0.25, 0.3) is 0 Å². The van der Waals surface area contributed by atoms with E-state index in [4.69, 9.17) is 4.74 Å². The number of amides is 1. The van der Waals surface area contributed by atoms with Gasteiger partial charge >= 0.3 is 0 Å². The Bertz CT molecular complexity index is 1070. The molecule has 1 fully saturated rings. The third kappa shape index (κ3) is 5.56. The van der Waals surface area contributed by atoms with Gasteiger partial charge in [-0.2, -0.15) is 0 Å². The molecule has 0 atom stereocenters. The molecule has 0 bridgehead atoms. The average molecular weight is 452 g/mol. The lowest BCUT2D eigenvalue weighted by Crippen LogP contribution is -2.35. The van der Waals surface area contributed by atoms with E-state index in [1.165, 1.54) is 22.9 Å². The van der Waals surface area contributed by atoms with Crippen LogP contribution < -0.4 is 5.32 Å². The lowest BCUT2D eigenvalue weighted by atomic mass is 10.1. The van der Waals surface area contributed by atoms with Crippen LogP contribution in [-0.4, -0.2) is 57.6 Å². The molecule has 0 saturated carbocycles. The summed E-state index contributed by atoms with van der Waals surface area (Å²) in [4.78, 5) is 14.9. The Morgan fingerprint density at radius 1 is 1.06 bits per heavy atom. The third-order valence-corrected chi connectivity index (χ3v) is 6.41. The minimum absolute atomic E-state index is 0.0657. The number of morpholine rings is 1. The van der Waals surface area contributed by atoms with Crippen molar-refractivity contribution in [2.45, 2.75) is 32.5 Å². The normalized spacial score (nSPS) is 14.5. The maximum atomic E-state index is 12.6. The number of nitrogens with zero attached hydrogens (tertiary/aromatic N) is 4. The van der Waals surface area contributed by atoms with Crippen LogP contribution in [0.5, 0.6) is 0 Å². The molecule has 0 unspecified atom stereocenters. The van der Waals surface area contributed by atoms with Gasteiger partial charge in [0.05, 0.1) is 24.7 Å². The Balaban J connectivity index is 1.35. The maximum Gasteiger partial charge on any atom is 0.234 e. The number of benzene rings is 2. The maximum absolute atomic E-state index is 12.6. The number of ether oxygens (including phenoxy) is 1. The lowest BCUT2D eigenvalue weighted by Gasteiger charge is -2.26. The summed E-state index contributed by atoms with van der Waals surface area (Å²) in [6.07, 6.45) is 0. The van der Waals surface area contributed by atoms with Gasteiger partial charge in [-0.3, -0.25) is 14.3 Å². The first-order chi connectivity index (χ1) is 15.5. The van der Waals surface area contributed by atoms with E-state index in [-0.39, 0.29) is 11.7 Å². The molecule has 0 spiro atoms. The minimum Gasteiger partial charge on any atom is -0.379 e. The summed E-state index contributed by atoms with van der Waals surface area (Å²) in [6.45, 7) is 10.5. The molecule has 0 radical (unpaired) electrons. The van der Waals surface area contributed by atoms with Gasteiger partial charge in [0.1, 0.15) is 5.82 Å². The molecule has 0 aliphatic carbocycles. The smallest absolute Gasteiger partial charge is 0.234 e. The van der Waals surface area contributed by atoms with Gasteiger partial charge in [0, 0.05) is 25.3 Å². The molecule has 1 N–H and O–H groups in total. The summed E-state index contributed by atoms with van der Waals surface area (Å²) in [5.74, 6) is 1.000. The topological polar surface area (TPSA) is 72.3 Å². The van der Waals surface area contributed by atoms with Gasteiger partial charge in [-0.05, 0) is 55.7 Å². The predicted molar refractivity (Wildman–Crippen MR) is 127 cm³/mol. The quantitative estimate of drug-likeness (QED) is 0.552. The average Bonchev–Trinajstić information content (AvgIpc) is 3.16. The van der Waals surface area contributed by atoms with Crippen molar-refractivity contribution in [2.75, 3.05) is 37.4 Å². The van der Waals surface area contributed by atoms with Gasteiger partial charge < -0.3 is 10.1 Å². The van der Waals surface area contributed by atoms with Gasteiger partial charge in [-0.15, -0.1) is 10.2 Å². The Labute approximate surface area is 193 Å². The summed E-state index contributed by atoms with van der Waals surface area (Å²) in [5, 5.41) is 12.2.